The molecule has 1 aromatic heterocycles. The Hall–Kier alpha value is -3.07. The molecule has 5 rings (SSSR count). The summed E-state index contributed by atoms with van der Waals surface area (Å²) in [6.45, 7) is 2.73. The third-order valence-electron chi connectivity index (χ3n) is 6.13. The third-order valence-corrected chi connectivity index (χ3v) is 6.36. The quantitative estimate of drug-likeness (QED) is 0.561. The summed E-state index contributed by atoms with van der Waals surface area (Å²) < 4.78 is 22.8. The normalized spacial score (nSPS) is 17.2. The van der Waals surface area contributed by atoms with Gasteiger partial charge in [-0.15, -0.1) is 0 Å². The first-order valence-electron chi connectivity index (χ1n) is 11.2. The van der Waals surface area contributed by atoms with Gasteiger partial charge in [0.15, 0.2) is 12.4 Å². The number of rotatable bonds is 6. The Bertz CT molecular complexity index is 1190. The number of anilines is 2. The van der Waals surface area contributed by atoms with Gasteiger partial charge in [0, 0.05) is 36.3 Å². The summed E-state index contributed by atoms with van der Waals surface area (Å²) in [6, 6.07) is 14.7. The van der Waals surface area contributed by atoms with E-state index in [4.69, 9.17) is 35.5 Å². The van der Waals surface area contributed by atoms with Crippen LogP contribution in [0.3, 0.4) is 0 Å². The maximum atomic E-state index is 12.6. The van der Waals surface area contributed by atoms with Crippen molar-refractivity contribution in [2.75, 3.05) is 50.2 Å². The highest BCUT2D eigenvalue weighted by molar-refractivity contribution is 6.31. The lowest BCUT2D eigenvalue weighted by atomic mass is 10.0. The molecule has 3 aromatic rings. The molecule has 178 valence electrons. The lowest BCUT2D eigenvalue weighted by Gasteiger charge is -2.38. The number of nitrogens with zero attached hydrogens (tertiary/aromatic N) is 2. The summed E-state index contributed by atoms with van der Waals surface area (Å²) in [5.41, 5.74) is 1.20. The van der Waals surface area contributed by atoms with Crippen LogP contribution in [0.2, 0.25) is 5.02 Å². The Labute approximate surface area is 202 Å². The monoisotopic (exact) mass is 483 g/mol. The van der Waals surface area contributed by atoms with Crippen LogP contribution < -0.4 is 19.7 Å². The van der Waals surface area contributed by atoms with E-state index in [2.05, 4.69) is 10.2 Å². The Morgan fingerprint density at radius 3 is 2.68 bits per heavy atom. The van der Waals surface area contributed by atoms with Crippen molar-refractivity contribution in [2.24, 2.45) is 0 Å². The Morgan fingerprint density at radius 1 is 1.12 bits per heavy atom. The minimum Gasteiger partial charge on any atom is -0.495 e. The van der Waals surface area contributed by atoms with Crippen LogP contribution in [-0.2, 0) is 14.3 Å². The number of nitrogens with one attached hydrogen (secondary N) is 1. The minimum atomic E-state index is -0.430. The second-order valence-corrected chi connectivity index (χ2v) is 8.71. The number of carbonyl (C=O) groups excluding carboxylic acids is 1. The Morgan fingerprint density at radius 2 is 1.91 bits per heavy atom. The van der Waals surface area contributed by atoms with Crippen molar-refractivity contribution in [3.8, 4) is 11.5 Å². The van der Waals surface area contributed by atoms with Crippen molar-refractivity contribution in [1.29, 1.82) is 0 Å². The number of aromatic nitrogens is 1. The lowest BCUT2D eigenvalue weighted by molar-refractivity contribution is -0.169. The molecule has 0 unspecified atom stereocenters. The molecule has 2 aliphatic heterocycles. The molecular weight excluding hydrogens is 458 g/mol. The Kier molecular flexibility index (Phi) is 6.45. The average Bonchev–Trinajstić information content (AvgIpc) is 3.31. The highest BCUT2D eigenvalue weighted by Gasteiger charge is 2.40. The van der Waals surface area contributed by atoms with Crippen molar-refractivity contribution in [3.05, 3.63) is 53.6 Å². The number of pyridine rings is 1. The molecule has 34 heavy (non-hydrogen) atoms. The van der Waals surface area contributed by atoms with E-state index in [0.29, 0.717) is 40.9 Å². The number of para-hydroxylation sites is 1. The number of methoxy groups -OCH3 is 1. The van der Waals surface area contributed by atoms with Gasteiger partial charge in [0.2, 0.25) is 0 Å². The van der Waals surface area contributed by atoms with Crippen molar-refractivity contribution >= 4 is 39.9 Å². The number of ether oxygens (including phenoxy) is 4. The second-order valence-electron chi connectivity index (χ2n) is 8.27. The van der Waals surface area contributed by atoms with Crippen LogP contribution in [0, 0.1) is 0 Å². The molecule has 8 nitrogen and oxygen atoms in total. The number of benzene rings is 2. The predicted octanol–water partition coefficient (Wildman–Crippen LogP) is 4.26. The molecule has 0 atom stereocenters. The maximum Gasteiger partial charge on any atom is 0.262 e. The zero-order chi connectivity index (χ0) is 23.5. The van der Waals surface area contributed by atoms with Gasteiger partial charge in [-0.3, -0.25) is 4.79 Å². The van der Waals surface area contributed by atoms with E-state index in [1.807, 2.05) is 30.3 Å². The topological polar surface area (TPSA) is 82.2 Å². The van der Waals surface area contributed by atoms with E-state index < -0.39 is 5.79 Å². The van der Waals surface area contributed by atoms with Crippen molar-refractivity contribution in [3.63, 3.8) is 0 Å². The summed E-state index contributed by atoms with van der Waals surface area (Å²) in [7, 11) is 1.53. The van der Waals surface area contributed by atoms with Crippen LogP contribution in [0.15, 0.2) is 48.5 Å². The summed E-state index contributed by atoms with van der Waals surface area (Å²) in [4.78, 5) is 19.6. The molecule has 2 saturated heterocycles. The van der Waals surface area contributed by atoms with E-state index in [1.54, 1.807) is 18.2 Å². The zero-order valence-corrected chi connectivity index (χ0v) is 19.6. The molecule has 0 bridgehead atoms. The molecule has 1 spiro atoms. The lowest BCUT2D eigenvalue weighted by Crippen LogP contribution is -2.45. The number of piperidine rings is 1. The number of hydrogen-bond donors (Lipinski definition) is 1. The molecule has 3 heterocycles. The fourth-order valence-electron chi connectivity index (χ4n) is 4.37. The van der Waals surface area contributed by atoms with Gasteiger partial charge in [0.05, 0.1) is 26.0 Å². The molecule has 0 radical (unpaired) electrons. The highest BCUT2D eigenvalue weighted by Crippen LogP contribution is 2.34. The fourth-order valence-corrected chi connectivity index (χ4v) is 4.54. The second kappa shape index (κ2) is 9.66. The van der Waals surface area contributed by atoms with Crippen molar-refractivity contribution in [2.45, 2.75) is 18.6 Å². The molecule has 1 N–H and O–H groups in total. The van der Waals surface area contributed by atoms with Crippen LogP contribution >= 0.6 is 11.6 Å². The molecule has 0 aliphatic carbocycles. The van der Waals surface area contributed by atoms with E-state index >= 15 is 0 Å². The van der Waals surface area contributed by atoms with E-state index in [-0.39, 0.29) is 12.5 Å². The number of fused-ring (bicyclic) bond motifs is 1. The molecule has 0 saturated carbocycles. The summed E-state index contributed by atoms with van der Waals surface area (Å²) in [5, 5.41) is 4.22. The summed E-state index contributed by atoms with van der Waals surface area (Å²) in [5.74, 6) is 1.17. The first-order chi connectivity index (χ1) is 16.5. The van der Waals surface area contributed by atoms with Gasteiger partial charge in [-0.1, -0.05) is 23.7 Å². The Balaban J connectivity index is 1.28. The van der Waals surface area contributed by atoms with Gasteiger partial charge in [-0.2, -0.15) is 0 Å². The van der Waals surface area contributed by atoms with Gasteiger partial charge in [0.25, 0.3) is 5.91 Å². The smallest absolute Gasteiger partial charge is 0.262 e. The van der Waals surface area contributed by atoms with Gasteiger partial charge >= 0.3 is 0 Å². The molecule has 2 aliphatic rings. The van der Waals surface area contributed by atoms with Gasteiger partial charge in [-0.25, -0.2) is 4.98 Å². The highest BCUT2D eigenvalue weighted by atomic mass is 35.5. The van der Waals surface area contributed by atoms with Gasteiger partial charge in [-0.05, 0) is 36.4 Å². The summed E-state index contributed by atoms with van der Waals surface area (Å²) >= 11 is 6.05. The fraction of sp³-hybridized carbons (Fsp3) is 0.360. The van der Waals surface area contributed by atoms with Crippen molar-refractivity contribution in [1.82, 2.24) is 4.98 Å². The van der Waals surface area contributed by atoms with Crippen LogP contribution in [0.25, 0.3) is 10.9 Å². The molecule has 2 aromatic carbocycles. The zero-order valence-electron chi connectivity index (χ0n) is 18.9. The maximum absolute atomic E-state index is 12.6. The summed E-state index contributed by atoms with van der Waals surface area (Å²) in [6.07, 6.45) is 1.61. The van der Waals surface area contributed by atoms with E-state index in [1.165, 1.54) is 7.11 Å². The number of carbonyl (C=O) groups is 1. The first kappa shape index (κ1) is 22.7. The molecule has 2 fully saturated rings. The minimum absolute atomic E-state index is 0.179. The van der Waals surface area contributed by atoms with E-state index in [9.17, 15) is 4.79 Å². The van der Waals surface area contributed by atoms with Gasteiger partial charge < -0.3 is 29.2 Å². The molecule has 9 heteroatoms. The molecule has 1 amide bonds. The number of hydrogen-bond acceptors (Lipinski definition) is 7. The van der Waals surface area contributed by atoms with E-state index in [0.717, 1.165) is 37.1 Å². The third kappa shape index (κ3) is 4.75. The van der Waals surface area contributed by atoms with Crippen LogP contribution in [0.5, 0.6) is 11.5 Å². The van der Waals surface area contributed by atoms with Crippen LogP contribution in [0.4, 0.5) is 11.5 Å². The average molecular weight is 484 g/mol. The largest absolute Gasteiger partial charge is 0.495 e. The van der Waals surface area contributed by atoms with Crippen molar-refractivity contribution < 1.29 is 23.7 Å². The molecular formula is C25H26ClN3O5. The van der Waals surface area contributed by atoms with Gasteiger partial charge in [0.1, 0.15) is 22.8 Å². The predicted molar refractivity (Wildman–Crippen MR) is 130 cm³/mol. The standard InChI is InChI=1S/C25H26ClN3O5/c1-31-20-7-6-18(26)15-19(20)27-23(30)16-32-21-4-2-3-17-5-8-22(28-24(17)21)29-11-9-25(10-12-29)33-13-14-34-25/h2-8,15H,9-14,16H2,1H3,(H,27,30). The number of amides is 1. The first-order valence-corrected chi connectivity index (χ1v) is 11.6. The number of halogens is 1. The SMILES string of the molecule is COc1ccc(Cl)cc1NC(=O)COc1cccc2ccc(N3CCC4(CC3)OCCO4)nc12. The van der Waals surface area contributed by atoms with Crippen LogP contribution in [0.1, 0.15) is 12.8 Å². The van der Waals surface area contributed by atoms with Crippen LogP contribution in [-0.4, -0.2) is 56.7 Å².